The van der Waals surface area contributed by atoms with Crippen molar-refractivity contribution in [1.82, 2.24) is 19.5 Å². The molecule has 0 radical (unpaired) electrons. The number of benzene rings is 2. The summed E-state index contributed by atoms with van der Waals surface area (Å²) >= 11 is 6.05. The highest BCUT2D eigenvalue weighted by Gasteiger charge is 2.15. The summed E-state index contributed by atoms with van der Waals surface area (Å²) in [5, 5.41) is 3.97. The SMILES string of the molecule is COc1ccccc1CNc1ncc(-c2ccc(Cl)cc2)c(-c2nccn2C)n1. The largest absolute Gasteiger partial charge is 0.496 e. The zero-order valence-corrected chi connectivity index (χ0v) is 16.9. The monoisotopic (exact) mass is 405 g/mol. The van der Waals surface area contributed by atoms with Gasteiger partial charge in [0.2, 0.25) is 5.95 Å². The van der Waals surface area contributed by atoms with E-state index in [9.17, 15) is 0 Å². The molecule has 0 bridgehead atoms. The predicted octanol–water partition coefficient (Wildman–Crippen LogP) is 4.82. The number of para-hydroxylation sites is 1. The van der Waals surface area contributed by atoms with Gasteiger partial charge in [-0.2, -0.15) is 0 Å². The Morgan fingerprint density at radius 2 is 1.86 bits per heavy atom. The van der Waals surface area contributed by atoms with E-state index in [-0.39, 0.29) is 0 Å². The van der Waals surface area contributed by atoms with E-state index >= 15 is 0 Å². The van der Waals surface area contributed by atoms with Gasteiger partial charge in [-0.1, -0.05) is 41.9 Å². The quantitative estimate of drug-likeness (QED) is 0.498. The first-order valence-corrected chi connectivity index (χ1v) is 9.50. The van der Waals surface area contributed by atoms with Crippen LogP contribution in [0, 0.1) is 0 Å². The Kier molecular flexibility index (Phi) is 5.44. The fraction of sp³-hybridized carbons (Fsp3) is 0.136. The second-order valence-electron chi connectivity index (χ2n) is 6.49. The van der Waals surface area contributed by atoms with Crippen molar-refractivity contribution < 1.29 is 4.74 Å². The van der Waals surface area contributed by atoms with Crippen LogP contribution in [0.15, 0.2) is 67.1 Å². The summed E-state index contributed by atoms with van der Waals surface area (Å²) < 4.78 is 7.35. The van der Waals surface area contributed by atoms with E-state index in [1.54, 1.807) is 13.3 Å². The molecule has 0 amide bonds. The van der Waals surface area contributed by atoms with Gasteiger partial charge in [0.05, 0.1) is 7.11 Å². The molecule has 2 aromatic carbocycles. The average molecular weight is 406 g/mol. The number of rotatable bonds is 6. The first kappa shape index (κ1) is 19.0. The minimum atomic E-state index is 0.520. The van der Waals surface area contributed by atoms with Crippen molar-refractivity contribution in [1.29, 1.82) is 0 Å². The molecule has 1 N–H and O–H groups in total. The van der Waals surface area contributed by atoms with Crippen molar-refractivity contribution >= 4 is 17.5 Å². The summed E-state index contributed by atoms with van der Waals surface area (Å²) in [5.41, 5.74) is 3.64. The van der Waals surface area contributed by atoms with Gasteiger partial charge in [-0.25, -0.2) is 15.0 Å². The summed E-state index contributed by atoms with van der Waals surface area (Å²) in [6.45, 7) is 0.546. The van der Waals surface area contributed by atoms with Crippen LogP contribution < -0.4 is 10.1 Å². The molecule has 0 spiro atoms. The smallest absolute Gasteiger partial charge is 0.223 e. The molecular weight excluding hydrogens is 386 g/mol. The van der Waals surface area contributed by atoms with E-state index in [0.29, 0.717) is 17.5 Å². The third-order valence-electron chi connectivity index (χ3n) is 4.61. The molecule has 0 aliphatic carbocycles. The van der Waals surface area contributed by atoms with Gasteiger partial charge >= 0.3 is 0 Å². The second-order valence-corrected chi connectivity index (χ2v) is 6.93. The molecule has 0 fully saturated rings. The summed E-state index contributed by atoms with van der Waals surface area (Å²) in [7, 11) is 3.60. The molecule has 0 saturated heterocycles. The van der Waals surface area contributed by atoms with E-state index in [0.717, 1.165) is 34.0 Å². The first-order valence-electron chi connectivity index (χ1n) is 9.12. The second kappa shape index (κ2) is 8.32. The van der Waals surface area contributed by atoms with E-state index in [1.165, 1.54) is 0 Å². The van der Waals surface area contributed by atoms with Crippen LogP contribution in [-0.4, -0.2) is 26.6 Å². The van der Waals surface area contributed by atoms with Crippen LogP contribution in [-0.2, 0) is 13.6 Å². The average Bonchev–Trinajstić information content (AvgIpc) is 3.18. The predicted molar refractivity (Wildman–Crippen MR) is 115 cm³/mol. The van der Waals surface area contributed by atoms with Crippen LogP contribution in [0.3, 0.4) is 0 Å². The zero-order valence-electron chi connectivity index (χ0n) is 16.1. The minimum Gasteiger partial charge on any atom is -0.496 e. The van der Waals surface area contributed by atoms with E-state index < -0.39 is 0 Å². The summed E-state index contributed by atoms with van der Waals surface area (Å²) in [6, 6.07) is 15.5. The maximum atomic E-state index is 6.05. The molecule has 2 aromatic heterocycles. The van der Waals surface area contributed by atoms with Gasteiger partial charge in [0.15, 0.2) is 5.82 Å². The van der Waals surface area contributed by atoms with Crippen molar-refractivity contribution in [2.45, 2.75) is 6.54 Å². The van der Waals surface area contributed by atoms with E-state index in [1.807, 2.05) is 72.5 Å². The van der Waals surface area contributed by atoms with Crippen molar-refractivity contribution in [2.24, 2.45) is 7.05 Å². The van der Waals surface area contributed by atoms with Crippen LogP contribution in [0.1, 0.15) is 5.56 Å². The highest BCUT2D eigenvalue weighted by molar-refractivity contribution is 6.30. The molecular formula is C22H20ClN5O. The lowest BCUT2D eigenvalue weighted by Crippen LogP contribution is -2.07. The minimum absolute atomic E-state index is 0.520. The van der Waals surface area contributed by atoms with Gasteiger partial charge in [0.1, 0.15) is 11.4 Å². The van der Waals surface area contributed by atoms with Crippen molar-refractivity contribution in [2.75, 3.05) is 12.4 Å². The molecule has 0 saturated carbocycles. The Hall–Kier alpha value is -3.38. The fourth-order valence-electron chi connectivity index (χ4n) is 3.10. The lowest BCUT2D eigenvalue weighted by molar-refractivity contribution is 0.410. The van der Waals surface area contributed by atoms with Gasteiger partial charge < -0.3 is 14.6 Å². The number of hydrogen-bond acceptors (Lipinski definition) is 5. The van der Waals surface area contributed by atoms with Crippen LogP contribution in [0.4, 0.5) is 5.95 Å². The number of hydrogen-bond donors (Lipinski definition) is 1. The molecule has 0 aliphatic heterocycles. The van der Waals surface area contributed by atoms with Gasteiger partial charge in [-0.3, -0.25) is 0 Å². The third kappa shape index (κ3) is 4.07. The zero-order chi connectivity index (χ0) is 20.2. The number of ether oxygens (including phenoxy) is 1. The Bertz CT molecular complexity index is 1120. The highest BCUT2D eigenvalue weighted by atomic mass is 35.5. The Labute approximate surface area is 174 Å². The standard InChI is InChI=1S/C22H20ClN5O/c1-28-12-11-24-21(28)20-18(15-7-9-17(23)10-8-15)14-26-22(27-20)25-13-16-5-3-4-6-19(16)29-2/h3-12,14H,13H2,1-2H3,(H,25,26,27). The molecule has 4 aromatic rings. The first-order chi connectivity index (χ1) is 14.2. The molecule has 4 rings (SSSR count). The molecule has 0 unspecified atom stereocenters. The van der Waals surface area contributed by atoms with Gasteiger partial charge in [-0.05, 0) is 23.8 Å². The lowest BCUT2D eigenvalue weighted by Gasteiger charge is -2.13. The number of anilines is 1. The Balaban J connectivity index is 1.70. The lowest BCUT2D eigenvalue weighted by atomic mass is 10.1. The van der Waals surface area contributed by atoms with Crippen LogP contribution >= 0.6 is 11.6 Å². The number of methoxy groups -OCH3 is 1. The number of nitrogens with one attached hydrogen (secondary N) is 1. The number of aromatic nitrogens is 4. The number of nitrogens with zero attached hydrogens (tertiary/aromatic N) is 4. The Morgan fingerprint density at radius 3 is 2.59 bits per heavy atom. The molecule has 7 heteroatoms. The molecule has 0 aliphatic rings. The fourth-order valence-corrected chi connectivity index (χ4v) is 3.22. The molecule has 2 heterocycles. The van der Waals surface area contributed by atoms with Crippen LogP contribution in [0.25, 0.3) is 22.6 Å². The van der Waals surface area contributed by atoms with Crippen molar-refractivity contribution in [3.63, 3.8) is 0 Å². The number of halogens is 1. The third-order valence-corrected chi connectivity index (χ3v) is 4.86. The molecule has 29 heavy (non-hydrogen) atoms. The van der Waals surface area contributed by atoms with E-state index in [4.69, 9.17) is 21.3 Å². The number of aryl methyl sites for hydroxylation is 1. The molecule has 6 nitrogen and oxygen atoms in total. The molecule has 0 atom stereocenters. The Morgan fingerprint density at radius 1 is 1.07 bits per heavy atom. The maximum absolute atomic E-state index is 6.05. The summed E-state index contributed by atoms with van der Waals surface area (Å²) in [4.78, 5) is 13.8. The maximum Gasteiger partial charge on any atom is 0.223 e. The topological polar surface area (TPSA) is 64.9 Å². The van der Waals surface area contributed by atoms with Gasteiger partial charge in [0.25, 0.3) is 0 Å². The van der Waals surface area contributed by atoms with Crippen LogP contribution in [0.5, 0.6) is 5.75 Å². The van der Waals surface area contributed by atoms with E-state index in [2.05, 4.69) is 15.3 Å². The van der Waals surface area contributed by atoms with Crippen molar-refractivity contribution in [3.05, 3.63) is 77.7 Å². The van der Waals surface area contributed by atoms with Gasteiger partial charge in [-0.15, -0.1) is 0 Å². The number of imidazole rings is 1. The normalized spacial score (nSPS) is 10.7. The van der Waals surface area contributed by atoms with Crippen molar-refractivity contribution in [3.8, 4) is 28.4 Å². The molecule has 146 valence electrons. The highest BCUT2D eigenvalue weighted by Crippen LogP contribution is 2.30. The summed E-state index contributed by atoms with van der Waals surface area (Å²) in [5.74, 6) is 2.10. The van der Waals surface area contributed by atoms with Gasteiger partial charge in [0, 0.05) is 48.3 Å². The van der Waals surface area contributed by atoms with Crippen LogP contribution in [0.2, 0.25) is 5.02 Å². The summed E-state index contributed by atoms with van der Waals surface area (Å²) in [6.07, 6.45) is 5.46.